The third-order valence-electron chi connectivity index (χ3n) is 3.48. The van der Waals surface area contributed by atoms with Crippen LogP contribution in [-0.4, -0.2) is 45.6 Å². The van der Waals surface area contributed by atoms with Crippen LogP contribution < -0.4 is 4.31 Å². The van der Waals surface area contributed by atoms with Crippen LogP contribution >= 0.6 is 45.8 Å². The fourth-order valence-electron chi connectivity index (χ4n) is 2.52. The van der Waals surface area contributed by atoms with E-state index in [-0.39, 0.29) is 34.8 Å². The lowest BCUT2D eigenvalue weighted by molar-refractivity contribution is -0.143. The maximum absolute atomic E-state index is 11.8. The minimum absolute atomic E-state index is 0.0437. The van der Waals surface area contributed by atoms with Gasteiger partial charge < -0.3 is 4.74 Å². The molecular formula is C14H19Cl3N2O4S. The van der Waals surface area contributed by atoms with Crippen molar-refractivity contribution in [3.8, 4) is 0 Å². The smallest absolute Gasteiger partial charge is 0.321 e. The molecule has 0 radical (unpaired) electrons. The zero-order valence-electron chi connectivity index (χ0n) is 13.2. The summed E-state index contributed by atoms with van der Waals surface area (Å²) in [5, 5.41) is 0.758. The summed E-state index contributed by atoms with van der Waals surface area (Å²) in [6.45, 7) is 4.26. The van der Waals surface area contributed by atoms with Gasteiger partial charge in [0.1, 0.15) is 6.54 Å². The second-order valence-corrected chi connectivity index (χ2v) is 8.69. The highest BCUT2D eigenvalue weighted by atomic mass is 35.5. The first-order valence-electron chi connectivity index (χ1n) is 7.28. The average Bonchev–Trinajstić information content (AvgIpc) is 2.43. The minimum atomic E-state index is -3.47. The number of anilines is 1. The summed E-state index contributed by atoms with van der Waals surface area (Å²) in [6.07, 6.45) is 0. The summed E-state index contributed by atoms with van der Waals surface area (Å²) >= 11 is 18.3. The number of esters is 1. The zero-order chi connectivity index (χ0) is 18.1. The van der Waals surface area contributed by atoms with E-state index < -0.39 is 16.9 Å². The van der Waals surface area contributed by atoms with Crippen LogP contribution in [0.4, 0.5) is 5.69 Å². The molecule has 136 valence electrons. The SMILES string of the molecule is CCOC(=O)CN1CC(C)CN(c2c(Cl)cc(Cl)cc2Cl)S1(O)O. The highest BCUT2D eigenvalue weighted by Crippen LogP contribution is 2.56. The minimum Gasteiger partial charge on any atom is -0.465 e. The van der Waals surface area contributed by atoms with Crippen LogP contribution in [0.3, 0.4) is 0 Å². The summed E-state index contributed by atoms with van der Waals surface area (Å²) in [7, 11) is -3.47. The van der Waals surface area contributed by atoms with Gasteiger partial charge in [-0.25, -0.2) is 0 Å². The Hall–Kier alpha value is -0.410. The first kappa shape index (κ1) is 19.9. The molecule has 2 N–H and O–H groups in total. The van der Waals surface area contributed by atoms with Crippen LogP contribution in [0.25, 0.3) is 0 Å². The lowest BCUT2D eigenvalue weighted by Crippen LogP contribution is -2.51. The summed E-state index contributed by atoms with van der Waals surface area (Å²) in [4.78, 5) is 11.8. The van der Waals surface area contributed by atoms with Gasteiger partial charge in [0.25, 0.3) is 0 Å². The molecule has 24 heavy (non-hydrogen) atoms. The molecule has 0 aromatic heterocycles. The number of rotatable bonds is 4. The lowest BCUT2D eigenvalue weighted by atomic mass is 10.1. The maximum Gasteiger partial charge on any atom is 0.321 e. The van der Waals surface area contributed by atoms with Gasteiger partial charge in [0.05, 0.1) is 22.3 Å². The number of benzene rings is 1. The monoisotopic (exact) mass is 416 g/mol. The van der Waals surface area contributed by atoms with Crippen molar-refractivity contribution in [2.45, 2.75) is 13.8 Å². The largest absolute Gasteiger partial charge is 0.465 e. The molecule has 2 rings (SSSR count). The molecule has 0 bridgehead atoms. The van der Waals surface area contributed by atoms with E-state index in [2.05, 4.69) is 0 Å². The van der Waals surface area contributed by atoms with E-state index in [0.717, 1.165) is 0 Å². The van der Waals surface area contributed by atoms with Crippen LogP contribution in [-0.2, 0) is 9.53 Å². The van der Waals surface area contributed by atoms with Crippen molar-refractivity contribution in [3.05, 3.63) is 27.2 Å². The van der Waals surface area contributed by atoms with E-state index in [1.54, 1.807) is 6.92 Å². The Bertz CT molecular complexity index is 609. The van der Waals surface area contributed by atoms with Crippen molar-refractivity contribution in [3.63, 3.8) is 0 Å². The molecule has 1 heterocycles. The van der Waals surface area contributed by atoms with Gasteiger partial charge in [-0.1, -0.05) is 41.7 Å². The summed E-state index contributed by atoms with van der Waals surface area (Å²) in [5.41, 5.74) is 0.281. The summed E-state index contributed by atoms with van der Waals surface area (Å²) < 4.78 is 29.0. The Morgan fingerprint density at radius 1 is 1.29 bits per heavy atom. The number of nitrogens with zero attached hydrogens (tertiary/aromatic N) is 2. The molecular weight excluding hydrogens is 399 g/mol. The van der Waals surface area contributed by atoms with Gasteiger partial charge in [-0.2, -0.15) is 4.31 Å². The molecule has 1 aliphatic heterocycles. The fraction of sp³-hybridized carbons (Fsp3) is 0.500. The van der Waals surface area contributed by atoms with Gasteiger partial charge in [0.2, 0.25) is 0 Å². The third-order valence-corrected chi connectivity index (χ3v) is 6.17. The van der Waals surface area contributed by atoms with Crippen molar-refractivity contribution < 1.29 is 18.6 Å². The number of hydrogen-bond donors (Lipinski definition) is 2. The number of carbonyl (C=O) groups excluding carboxylic acids is 1. The Balaban J connectivity index is 2.37. The molecule has 0 amide bonds. The van der Waals surface area contributed by atoms with Gasteiger partial charge in [-0.05, 0) is 35.9 Å². The first-order valence-corrected chi connectivity index (χ1v) is 9.87. The van der Waals surface area contributed by atoms with E-state index in [1.165, 1.54) is 20.7 Å². The Kier molecular flexibility index (Phi) is 6.52. The Morgan fingerprint density at radius 2 is 1.88 bits per heavy atom. The van der Waals surface area contributed by atoms with Crippen molar-refractivity contribution in [2.24, 2.45) is 5.92 Å². The fourth-order valence-corrected chi connectivity index (χ4v) is 5.55. The third kappa shape index (κ3) is 4.22. The molecule has 10 heteroatoms. The number of hydrogen-bond acceptors (Lipinski definition) is 6. The molecule has 1 atom stereocenters. The topological polar surface area (TPSA) is 73.2 Å². The van der Waals surface area contributed by atoms with E-state index in [1.807, 2.05) is 6.92 Å². The van der Waals surface area contributed by atoms with E-state index in [0.29, 0.717) is 18.1 Å². The highest BCUT2D eigenvalue weighted by molar-refractivity contribution is 8.23. The molecule has 1 aromatic carbocycles. The molecule has 0 spiro atoms. The summed E-state index contributed by atoms with van der Waals surface area (Å²) in [5.74, 6) is -0.484. The normalized spacial score (nSPS) is 22.3. The number of ether oxygens (including phenoxy) is 1. The second kappa shape index (κ2) is 7.86. The van der Waals surface area contributed by atoms with Crippen LogP contribution in [0.2, 0.25) is 15.1 Å². The standard InChI is InChI=1S/C14H19Cl3N2O4S/c1-3-23-13(20)8-18-6-9(2)7-19(24(18,21)22)14-11(16)4-10(15)5-12(14)17/h4-5,9,21-22H,3,6-8H2,1-2H3. The maximum atomic E-state index is 11.8. The summed E-state index contributed by atoms with van der Waals surface area (Å²) in [6, 6.07) is 2.96. The van der Waals surface area contributed by atoms with Gasteiger partial charge >= 0.3 is 5.97 Å². The molecule has 0 aliphatic carbocycles. The molecule has 1 aliphatic rings. The Labute approximate surface area is 157 Å². The van der Waals surface area contributed by atoms with Crippen LogP contribution in [0.5, 0.6) is 0 Å². The highest BCUT2D eigenvalue weighted by Gasteiger charge is 2.40. The van der Waals surface area contributed by atoms with E-state index >= 15 is 0 Å². The predicted octanol–water partition coefficient (Wildman–Crippen LogP) is 4.55. The van der Waals surface area contributed by atoms with Gasteiger partial charge in [0, 0.05) is 18.1 Å². The van der Waals surface area contributed by atoms with Gasteiger partial charge in [0.15, 0.2) is 0 Å². The quantitative estimate of drug-likeness (QED) is 0.700. The molecule has 1 unspecified atom stereocenters. The lowest BCUT2D eigenvalue weighted by Gasteiger charge is -2.55. The molecule has 1 aromatic rings. The van der Waals surface area contributed by atoms with Crippen molar-refractivity contribution in [2.75, 3.05) is 30.5 Å². The van der Waals surface area contributed by atoms with Crippen molar-refractivity contribution in [1.29, 1.82) is 0 Å². The second-order valence-electron chi connectivity index (χ2n) is 5.50. The number of halogens is 3. The molecule has 0 saturated carbocycles. The van der Waals surface area contributed by atoms with Gasteiger partial charge in [-0.3, -0.25) is 18.2 Å². The van der Waals surface area contributed by atoms with E-state index in [9.17, 15) is 13.9 Å². The molecule has 1 fully saturated rings. The zero-order valence-corrected chi connectivity index (χ0v) is 16.3. The van der Waals surface area contributed by atoms with Crippen LogP contribution in [0.1, 0.15) is 13.8 Å². The predicted molar refractivity (Wildman–Crippen MR) is 99.0 cm³/mol. The van der Waals surface area contributed by atoms with Crippen LogP contribution in [0.15, 0.2) is 12.1 Å². The van der Waals surface area contributed by atoms with Crippen molar-refractivity contribution >= 4 is 57.4 Å². The number of carbonyl (C=O) groups is 1. The van der Waals surface area contributed by atoms with E-state index in [4.69, 9.17) is 39.5 Å². The van der Waals surface area contributed by atoms with Gasteiger partial charge in [-0.15, -0.1) is 0 Å². The average molecular weight is 418 g/mol. The van der Waals surface area contributed by atoms with Crippen molar-refractivity contribution in [1.82, 2.24) is 4.31 Å². The molecule has 1 saturated heterocycles. The van der Waals surface area contributed by atoms with Crippen LogP contribution in [0, 0.1) is 5.92 Å². The first-order chi connectivity index (χ1) is 11.2. The molecule has 6 nitrogen and oxygen atoms in total. The Morgan fingerprint density at radius 3 is 2.42 bits per heavy atom.